The molecule has 0 heterocycles. The van der Waals surface area contributed by atoms with Gasteiger partial charge in [0.15, 0.2) is 12.2 Å². The molecule has 0 amide bonds. The van der Waals surface area contributed by atoms with Gasteiger partial charge in [0.25, 0.3) is 0 Å². The maximum atomic E-state index is 13.1. The van der Waals surface area contributed by atoms with E-state index < -0.39 is 97.5 Å². The lowest BCUT2D eigenvalue weighted by Crippen LogP contribution is -2.30. The normalized spacial score (nSPS) is 14.1. The zero-order chi connectivity index (χ0) is 70.4. The highest BCUT2D eigenvalue weighted by atomic mass is 31.2. The first-order valence-corrected chi connectivity index (χ1v) is 42.2. The van der Waals surface area contributed by atoms with Gasteiger partial charge in [-0.25, -0.2) is 9.13 Å². The van der Waals surface area contributed by atoms with E-state index in [2.05, 4.69) is 64.2 Å². The second kappa shape index (κ2) is 70.7. The Morgan fingerprint density at radius 2 is 0.510 bits per heavy atom. The Hall–Kier alpha value is -2.72. The molecule has 0 aliphatic heterocycles. The maximum Gasteiger partial charge on any atom is 0.472 e. The zero-order valence-electron chi connectivity index (χ0n) is 61.6. The summed E-state index contributed by atoms with van der Waals surface area (Å²) in [5, 5.41) is 10.6. The summed E-state index contributed by atoms with van der Waals surface area (Å²) in [4.78, 5) is 72.8. The third-order valence-electron chi connectivity index (χ3n) is 17.1. The van der Waals surface area contributed by atoms with E-state index in [9.17, 15) is 43.2 Å². The Labute approximate surface area is 585 Å². The second-order valence-corrected chi connectivity index (χ2v) is 29.6. The molecular formula is C77H144O17P2. The predicted octanol–water partition coefficient (Wildman–Crippen LogP) is 22.3. The van der Waals surface area contributed by atoms with Crippen LogP contribution >= 0.6 is 15.6 Å². The molecule has 19 heteroatoms. The standard InChI is InChI=1S/C77H144O17P2/c1-5-9-13-17-21-25-29-33-35-39-41-45-49-53-57-61-74(79)87-67-72(93-76(81)63-59-55-51-47-43-37-31-27-23-19-15-11-7-3)69-91-95(83,84)89-65-71(78)66-90-96(85,86)92-70-73(94-77(82)64-60-56-52-48-44-38-32-28-24-20-16-12-8-4)68-88-75(80)62-58-54-50-46-42-40-36-34-30-26-22-18-14-10-6-2/h25,29,33-36,71-73,78H,5-24,26-28,30-32,37-70H2,1-4H3,(H,83,84)(H,85,86)/b29-25-,35-33-,36-34-/t71-,72-,73-/m1/s1. The van der Waals surface area contributed by atoms with Crippen molar-refractivity contribution >= 4 is 39.5 Å². The first-order valence-electron chi connectivity index (χ1n) is 39.2. The summed E-state index contributed by atoms with van der Waals surface area (Å²) in [6.07, 6.45) is 65.5. The highest BCUT2D eigenvalue weighted by Gasteiger charge is 2.30. The Bertz CT molecular complexity index is 1970. The van der Waals surface area contributed by atoms with Crippen LogP contribution in [0.25, 0.3) is 0 Å². The van der Waals surface area contributed by atoms with Gasteiger partial charge >= 0.3 is 39.5 Å². The zero-order valence-corrected chi connectivity index (χ0v) is 63.4. The number of allylic oxidation sites excluding steroid dienone is 6. The first-order chi connectivity index (χ1) is 46.7. The van der Waals surface area contributed by atoms with Gasteiger partial charge < -0.3 is 33.8 Å². The SMILES string of the molecule is CCCCCC/C=C\C=C/CCCCCCCC(=O)OC[C@H](COP(=O)(O)OC[C@@H](O)COP(=O)(O)OC[C@@H](COC(=O)CCCCCCC/C=C\CCCCCCCC)OC(=O)CCCCCCCCCCCCCCC)OC(=O)CCCCCCCCCCCCCCC. The number of esters is 4. The molecule has 0 saturated carbocycles. The molecule has 0 spiro atoms. The van der Waals surface area contributed by atoms with Crippen LogP contribution in [0.2, 0.25) is 0 Å². The van der Waals surface area contributed by atoms with Crippen molar-refractivity contribution in [2.75, 3.05) is 39.6 Å². The van der Waals surface area contributed by atoms with E-state index in [-0.39, 0.29) is 25.7 Å². The number of phosphoric acid groups is 2. The van der Waals surface area contributed by atoms with Crippen molar-refractivity contribution in [2.45, 2.75) is 393 Å². The van der Waals surface area contributed by atoms with Gasteiger partial charge in [0.2, 0.25) is 0 Å². The van der Waals surface area contributed by atoms with E-state index in [0.29, 0.717) is 25.7 Å². The van der Waals surface area contributed by atoms with Crippen molar-refractivity contribution in [2.24, 2.45) is 0 Å². The summed E-state index contributed by atoms with van der Waals surface area (Å²) in [5.74, 6) is -2.16. The molecule has 0 aliphatic rings. The molecule has 5 atom stereocenters. The predicted molar refractivity (Wildman–Crippen MR) is 391 cm³/mol. The summed E-state index contributed by atoms with van der Waals surface area (Å²) in [6, 6.07) is 0. The lowest BCUT2D eigenvalue weighted by atomic mass is 10.0. The van der Waals surface area contributed by atoms with E-state index in [1.165, 1.54) is 167 Å². The number of phosphoric ester groups is 2. The number of aliphatic hydroxyl groups excluding tert-OH is 1. The molecule has 2 unspecified atom stereocenters. The highest BCUT2D eigenvalue weighted by molar-refractivity contribution is 7.47. The van der Waals surface area contributed by atoms with Crippen molar-refractivity contribution in [3.63, 3.8) is 0 Å². The maximum absolute atomic E-state index is 13.1. The smallest absolute Gasteiger partial charge is 0.462 e. The molecular weight excluding hydrogens is 1260 g/mol. The number of ether oxygens (including phenoxy) is 4. The van der Waals surface area contributed by atoms with Crippen molar-refractivity contribution < 1.29 is 80.2 Å². The molecule has 96 heavy (non-hydrogen) atoms. The monoisotopic (exact) mass is 1400 g/mol. The van der Waals surface area contributed by atoms with Crippen molar-refractivity contribution in [3.8, 4) is 0 Å². The number of hydrogen-bond donors (Lipinski definition) is 3. The largest absolute Gasteiger partial charge is 0.472 e. The summed E-state index contributed by atoms with van der Waals surface area (Å²) >= 11 is 0. The van der Waals surface area contributed by atoms with Gasteiger partial charge in [0, 0.05) is 25.7 Å². The molecule has 0 saturated heterocycles. The number of unbranched alkanes of at least 4 members (excludes halogenated alkanes) is 44. The summed E-state index contributed by atoms with van der Waals surface area (Å²) < 4.78 is 68.5. The van der Waals surface area contributed by atoms with Gasteiger partial charge in [-0.3, -0.25) is 37.3 Å². The molecule has 3 N–H and O–H groups in total. The first kappa shape index (κ1) is 93.3. The number of carbonyl (C=O) groups is 4. The van der Waals surface area contributed by atoms with Gasteiger partial charge in [-0.1, -0.05) is 308 Å². The van der Waals surface area contributed by atoms with Gasteiger partial charge in [0.05, 0.1) is 26.4 Å². The van der Waals surface area contributed by atoms with E-state index >= 15 is 0 Å². The van der Waals surface area contributed by atoms with E-state index in [4.69, 9.17) is 37.0 Å². The third kappa shape index (κ3) is 69.7. The van der Waals surface area contributed by atoms with Crippen LogP contribution in [0.15, 0.2) is 36.5 Å². The summed E-state index contributed by atoms with van der Waals surface area (Å²) in [7, 11) is -9.93. The lowest BCUT2D eigenvalue weighted by molar-refractivity contribution is -0.161. The molecule has 0 aromatic carbocycles. The molecule has 564 valence electrons. The van der Waals surface area contributed by atoms with E-state index in [1.54, 1.807) is 0 Å². The Kier molecular flexibility index (Phi) is 68.7. The van der Waals surface area contributed by atoms with Crippen LogP contribution < -0.4 is 0 Å². The van der Waals surface area contributed by atoms with Gasteiger partial charge in [-0.15, -0.1) is 0 Å². The topological polar surface area (TPSA) is 237 Å². The van der Waals surface area contributed by atoms with Gasteiger partial charge in [0.1, 0.15) is 19.3 Å². The van der Waals surface area contributed by atoms with Crippen LogP contribution in [0.1, 0.15) is 374 Å². The molecule has 0 aromatic heterocycles. The fourth-order valence-corrected chi connectivity index (χ4v) is 12.7. The molecule has 0 fully saturated rings. The average Bonchev–Trinajstić information content (AvgIpc) is 1.14. The average molecular weight is 1400 g/mol. The molecule has 0 bridgehead atoms. The van der Waals surface area contributed by atoms with Crippen molar-refractivity contribution in [1.82, 2.24) is 0 Å². The number of hydrogen-bond acceptors (Lipinski definition) is 15. The van der Waals surface area contributed by atoms with Crippen LogP contribution in [0, 0.1) is 0 Å². The van der Waals surface area contributed by atoms with Crippen molar-refractivity contribution in [3.05, 3.63) is 36.5 Å². The summed E-state index contributed by atoms with van der Waals surface area (Å²) in [6.45, 7) is 4.90. The minimum atomic E-state index is -4.96. The lowest BCUT2D eigenvalue weighted by Gasteiger charge is -2.21. The number of carbonyl (C=O) groups excluding carboxylic acids is 4. The van der Waals surface area contributed by atoms with Crippen LogP contribution in [-0.4, -0.2) is 96.7 Å². The summed E-state index contributed by atoms with van der Waals surface area (Å²) in [5.41, 5.74) is 0. The van der Waals surface area contributed by atoms with Gasteiger partial charge in [-0.05, 0) is 77.0 Å². The van der Waals surface area contributed by atoms with E-state index in [1.807, 2.05) is 0 Å². The van der Waals surface area contributed by atoms with E-state index in [0.717, 1.165) is 128 Å². The molecule has 17 nitrogen and oxygen atoms in total. The molecule has 0 aromatic rings. The van der Waals surface area contributed by atoms with Crippen LogP contribution in [0.4, 0.5) is 0 Å². The fraction of sp³-hybridized carbons (Fsp3) is 0.870. The second-order valence-electron chi connectivity index (χ2n) is 26.7. The number of rotatable bonds is 75. The fourth-order valence-electron chi connectivity index (χ4n) is 11.1. The van der Waals surface area contributed by atoms with Crippen LogP contribution in [-0.2, 0) is 65.4 Å². The highest BCUT2D eigenvalue weighted by Crippen LogP contribution is 2.45. The van der Waals surface area contributed by atoms with Crippen LogP contribution in [0.3, 0.4) is 0 Å². The third-order valence-corrected chi connectivity index (χ3v) is 19.0. The minimum absolute atomic E-state index is 0.100. The quantitative estimate of drug-likeness (QED) is 0.0128. The van der Waals surface area contributed by atoms with Crippen LogP contribution in [0.5, 0.6) is 0 Å². The Balaban J connectivity index is 5.30. The molecule has 0 rings (SSSR count). The van der Waals surface area contributed by atoms with Gasteiger partial charge in [-0.2, -0.15) is 0 Å². The minimum Gasteiger partial charge on any atom is -0.462 e. The van der Waals surface area contributed by atoms with Crippen molar-refractivity contribution in [1.29, 1.82) is 0 Å². The molecule has 0 aliphatic carbocycles. The number of aliphatic hydroxyl groups is 1. The Morgan fingerprint density at radius 1 is 0.292 bits per heavy atom. The Morgan fingerprint density at radius 3 is 0.792 bits per heavy atom. The molecule has 0 radical (unpaired) electrons.